The number of rotatable bonds is 8. The topological polar surface area (TPSA) is 18.5 Å². The van der Waals surface area contributed by atoms with Gasteiger partial charge in [0.1, 0.15) is 17.7 Å². The van der Waals surface area contributed by atoms with E-state index in [0.29, 0.717) is 12.4 Å². The molecule has 0 saturated carbocycles. The van der Waals surface area contributed by atoms with E-state index in [1.54, 1.807) is 12.1 Å². The molecular formula is C14H21FO2. The monoisotopic (exact) mass is 240 g/mol. The van der Waals surface area contributed by atoms with Gasteiger partial charge < -0.3 is 9.47 Å². The molecule has 0 fully saturated rings. The highest BCUT2D eigenvalue weighted by molar-refractivity contribution is 5.22. The molecule has 0 radical (unpaired) electrons. The smallest absolute Gasteiger partial charge is 0.123 e. The molecule has 2 nitrogen and oxygen atoms in total. The second kappa shape index (κ2) is 8.07. The van der Waals surface area contributed by atoms with Crippen LogP contribution in [0, 0.1) is 5.82 Å². The van der Waals surface area contributed by atoms with E-state index in [-0.39, 0.29) is 11.9 Å². The lowest BCUT2D eigenvalue weighted by atomic mass is 10.3. The van der Waals surface area contributed by atoms with Crippen LogP contribution >= 0.6 is 0 Å². The fourth-order valence-electron chi connectivity index (χ4n) is 1.40. The minimum Gasteiger partial charge on any atom is -0.488 e. The Balaban J connectivity index is 2.33. The van der Waals surface area contributed by atoms with Crippen LogP contribution in [0.2, 0.25) is 0 Å². The Labute approximate surface area is 103 Å². The van der Waals surface area contributed by atoms with Gasteiger partial charge in [0.05, 0.1) is 6.61 Å². The van der Waals surface area contributed by atoms with Crippen molar-refractivity contribution in [1.82, 2.24) is 0 Å². The first kappa shape index (κ1) is 14.0. The van der Waals surface area contributed by atoms with E-state index in [1.165, 1.54) is 12.1 Å². The molecule has 0 bridgehead atoms. The molecule has 1 rings (SSSR count). The maximum Gasteiger partial charge on any atom is 0.123 e. The number of hydrogen-bond donors (Lipinski definition) is 0. The number of halogens is 1. The van der Waals surface area contributed by atoms with Gasteiger partial charge in [-0.15, -0.1) is 0 Å². The maximum atomic E-state index is 12.7. The maximum absolute atomic E-state index is 12.7. The summed E-state index contributed by atoms with van der Waals surface area (Å²) in [6.07, 6.45) is 3.13. The van der Waals surface area contributed by atoms with Gasteiger partial charge in [-0.1, -0.05) is 20.3 Å². The lowest BCUT2D eigenvalue weighted by molar-refractivity contribution is 0.0469. The Morgan fingerprint density at radius 1 is 1.18 bits per heavy atom. The third-order valence-corrected chi connectivity index (χ3v) is 2.52. The third kappa shape index (κ3) is 5.68. The molecule has 0 aliphatic rings. The van der Waals surface area contributed by atoms with E-state index in [1.807, 2.05) is 0 Å². The Morgan fingerprint density at radius 2 is 1.88 bits per heavy atom. The standard InChI is InChI=1S/C14H21FO2/c1-3-5-10-16-11-13(4-2)17-14-8-6-12(15)7-9-14/h6-9,13H,3-5,10-11H2,1-2H3/t13-/m1/s1. The molecular weight excluding hydrogens is 219 g/mol. The van der Waals surface area contributed by atoms with Crippen LogP contribution in [-0.2, 0) is 4.74 Å². The van der Waals surface area contributed by atoms with Crippen LogP contribution in [0.15, 0.2) is 24.3 Å². The summed E-state index contributed by atoms with van der Waals surface area (Å²) in [6, 6.07) is 6.09. The largest absolute Gasteiger partial charge is 0.488 e. The van der Waals surface area contributed by atoms with Crippen molar-refractivity contribution in [2.75, 3.05) is 13.2 Å². The first-order chi connectivity index (χ1) is 8.26. The number of benzene rings is 1. The van der Waals surface area contributed by atoms with Crippen LogP contribution in [-0.4, -0.2) is 19.3 Å². The molecule has 0 N–H and O–H groups in total. The Hall–Kier alpha value is -1.09. The minimum absolute atomic E-state index is 0.0392. The lowest BCUT2D eigenvalue weighted by Crippen LogP contribution is -2.22. The van der Waals surface area contributed by atoms with E-state index in [4.69, 9.17) is 9.47 Å². The van der Waals surface area contributed by atoms with Gasteiger partial charge in [0.2, 0.25) is 0 Å². The van der Waals surface area contributed by atoms with Gasteiger partial charge in [0, 0.05) is 6.61 Å². The van der Waals surface area contributed by atoms with Crippen molar-refractivity contribution in [3.63, 3.8) is 0 Å². The first-order valence-corrected chi connectivity index (χ1v) is 6.26. The normalized spacial score (nSPS) is 12.4. The Kier molecular flexibility index (Phi) is 6.63. The highest BCUT2D eigenvalue weighted by Crippen LogP contribution is 2.14. The van der Waals surface area contributed by atoms with Crippen molar-refractivity contribution in [1.29, 1.82) is 0 Å². The fourth-order valence-corrected chi connectivity index (χ4v) is 1.40. The van der Waals surface area contributed by atoms with E-state index in [2.05, 4.69) is 13.8 Å². The molecule has 96 valence electrons. The van der Waals surface area contributed by atoms with Crippen LogP contribution in [0.3, 0.4) is 0 Å². The zero-order valence-electron chi connectivity index (χ0n) is 10.6. The zero-order valence-corrected chi connectivity index (χ0v) is 10.6. The molecule has 0 aliphatic heterocycles. The van der Waals surface area contributed by atoms with E-state index >= 15 is 0 Å². The summed E-state index contributed by atoms with van der Waals surface area (Å²) < 4.78 is 23.9. The van der Waals surface area contributed by atoms with Crippen molar-refractivity contribution in [2.45, 2.75) is 39.2 Å². The zero-order chi connectivity index (χ0) is 12.5. The van der Waals surface area contributed by atoms with Crippen molar-refractivity contribution in [3.05, 3.63) is 30.1 Å². The molecule has 0 heterocycles. The van der Waals surface area contributed by atoms with Crippen LogP contribution in [0.4, 0.5) is 4.39 Å². The summed E-state index contributed by atoms with van der Waals surface area (Å²) in [7, 11) is 0. The van der Waals surface area contributed by atoms with Gasteiger partial charge >= 0.3 is 0 Å². The molecule has 1 aromatic carbocycles. The van der Waals surface area contributed by atoms with Crippen LogP contribution in [0.25, 0.3) is 0 Å². The summed E-state index contributed by atoms with van der Waals surface area (Å²) in [6.45, 7) is 5.56. The molecule has 0 saturated heterocycles. The summed E-state index contributed by atoms with van der Waals surface area (Å²) in [5.41, 5.74) is 0. The van der Waals surface area contributed by atoms with E-state index in [9.17, 15) is 4.39 Å². The molecule has 0 aromatic heterocycles. The van der Waals surface area contributed by atoms with E-state index in [0.717, 1.165) is 25.9 Å². The Bertz CT molecular complexity index is 298. The molecule has 17 heavy (non-hydrogen) atoms. The van der Waals surface area contributed by atoms with Gasteiger partial charge in [-0.3, -0.25) is 0 Å². The van der Waals surface area contributed by atoms with E-state index < -0.39 is 0 Å². The predicted octanol–water partition coefficient (Wildman–Crippen LogP) is 3.80. The quantitative estimate of drug-likeness (QED) is 0.643. The van der Waals surface area contributed by atoms with Crippen molar-refractivity contribution >= 4 is 0 Å². The summed E-state index contributed by atoms with van der Waals surface area (Å²) in [5.74, 6) is 0.446. The third-order valence-electron chi connectivity index (χ3n) is 2.52. The van der Waals surface area contributed by atoms with Crippen molar-refractivity contribution in [3.8, 4) is 5.75 Å². The van der Waals surface area contributed by atoms with Gasteiger partial charge in [-0.05, 0) is 37.1 Å². The van der Waals surface area contributed by atoms with Crippen LogP contribution in [0.5, 0.6) is 5.75 Å². The average molecular weight is 240 g/mol. The number of unbranched alkanes of at least 4 members (excludes halogenated alkanes) is 1. The second-order valence-corrected chi connectivity index (χ2v) is 4.03. The molecule has 1 aromatic rings. The SMILES string of the molecule is CCCCOC[C@@H](CC)Oc1ccc(F)cc1. The predicted molar refractivity (Wildman–Crippen MR) is 66.8 cm³/mol. The fraction of sp³-hybridized carbons (Fsp3) is 0.571. The van der Waals surface area contributed by atoms with Crippen molar-refractivity contribution < 1.29 is 13.9 Å². The molecule has 0 aliphatic carbocycles. The average Bonchev–Trinajstić information content (AvgIpc) is 2.35. The second-order valence-electron chi connectivity index (χ2n) is 4.03. The Morgan fingerprint density at radius 3 is 2.47 bits per heavy atom. The first-order valence-electron chi connectivity index (χ1n) is 6.26. The number of ether oxygens (including phenoxy) is 2. The van der Waals surface area contributed by atoms with Crippen LogP contribution in [0.1, 0.15) is 33.1 Å². The molecule has 0 amide bonds. The highest BCUT2D eigenvalue weighted by atomic mass is 19.1. The molecule has 3 heteroatoms. The van der Waals surface area contributed by atoms with Crippen LogP contribution < -0.4 is 4.74 Å². The molecule has 0 unspecified atom stereocenters. The summed E-state index contributed by atoms with van der Waals surface area (Å²) >= 11 is 0. The van der Waals surface area contributed by atoms with Gasteiger partial charge in [-0.2, -0.15) is 0 Å². The van der Waals surface area contributed by atoms with Crippen molar-refractivity contribution in [2.24, 2.45) is 0 Å². The number of hydrogen-bond acceptors (Lipinski definition) is 2. The van der Waals surface area contributed by atoms with Gasteiger partial charge in [0.25, 0.3) is 0 Å². The summed E-state index contributed by atoms with van der Waals surface area (Å²) in [4.78, 5) is 0. The van der Waals surface area contributed by atoms with Gasteiger partial charge in [0.15, 0.2) is 0 Å². The van der Waals surface area contributed by atoms with Gasteiger partial charge in [-0.25, -0.2) is 4.39 Å². The highest BCUT2D eigenvalue weighted by Gasteiger charge is 2.08. The lowest BCUT2D eigenvalue weighted by Gasteiger charge is -2.17. The molecule has 1 atom stereocenters. The minimum atomic E-state index is -0.246. The molecule has 0 spiro atoms. The summed E-state index contributed by atoms with van der Waals surface area (Å²) in [5, 5.41) is 0.